The molecule has 1 aliphatic rings. The molecule has 0 aromatic heterocycles. The molecular weight excluding hydrogens is 733 g/mol. The number of benzene rings is 5. The first-order valence-electron chi connectivity index (χ1n) is 20.2. The van der Waals surface area contributed by atoms with E-state index in [0.717, 1.165) is 39.6 Å². The summed E-state index contributed by atoms with van der Waals surface area (Å²) in [5.41, 5.74) is 4.81. The summed E-state index contributed by atoms with van der Waals surface area (Å²) >= 11 is 1.60. The molecule has 0 unspecified atom stereocenters. The molecule has 0 radical (unpaired) electrons. The number of fused-ring (bicyclic) bond motifs is 3. The van der Waals surface area contributed by atoms with Crippen LogP contribution in [-0.4, -0.2) is 51.9 Å². The maximum Gasteiger partial charge on any atom is 0.424 e. The first-order valence-corrected chi connectivity index (χ1v) is 21.0. The van der Waals surface area contributed by atoms with Gasteiger partial charge in [-0.3, -0.25) is 4.79 Å². The van der Waals surface area contributed by atoms with Gasteiger partial charge in [-0.15, -0.1) is 0 Å². The van der Waals surface area contributed by atoms with Crippen LogP contribution in [0.1, 0.15) is 87.1 Å². The van der Waals surface area contributed by atoms with E-state index in [9.17, 15) is 14.7 Å². The molecule has 5 aromatic carbocycles. The Bertz CT molecular complexity index is 2150. The van der Waals surface area contributed by atoms with Crippen molar-refractivity contribution in [1.82, 2.24) is 0 Å². The van der Waals surface area contributed by atoms with Crippen molar-refractivity contribution >= 4 is 63.0 Å². The highest BCUT2D eigenvalue weighted by molar-refractivity contribution is 7.99. The van der Waals surface area contributed by atoms with E-state index in [-0.39, 0.29) is 17.1 Å². The van der Waals surface area contributed by atoms with Crippen molar-refractivity contribution in [1.29, 1.82) is 0 Å². The summed E-state index contributed by atoms with van der Waals surface area (Å²) in [5, 5.41) is 15.3. The average molecular weight is 789 g/mol. The molecule has 2 amide bonds. The average Bonchev–Trinajstić information content (AvgIpc) is 3.20. The van der Waals surface area contributed by atoms with Crippen molar-refractivity contribution in [3.05, 3.63) is 96.1 Å². The molecule has 9 nitrogen and oxygen atoms in total. The zero-order valence-corrected chi connectivity index (χ0v) is 35.0. The highest BCUT2D eigenvalue weighted by Gasteiger charge is 2.32. The predicted octanol–water partition coefficient (Wildman–Crippen LogP) is 12.3. The van der Waals surface area contributed by atoms with Crippen LogP contribution in [0.3, 0.4) is 0 Å². The maximum atomic E-state index is 14.5. The lowest BCUT2D eigenvalue weighted by atomic mass is 10.0. The molecular formula is C47H56N4O5S. The molecule has 0 saturated carbocycles. The van der Waals surface area contributed by atoms with Crippen LogP contribution in [0.4, 0.5) is 33.2 Å². The van der Waals surface area contributed by atoms with Gasteiger partial charge >= 0.3 is 6.09 Å². The van der Waals surface area contributed by atoms with Gasteiger partial charge in [0.2, 0.25) is 0 Å². The SMILES string of the molecule is CCCCCCCCCCCCOc1ccc(C)cc1NC(=O)c1cc(OC(=O)N2c3ccc(N(C)C)cc3Sc3cc(N(C)C)ccc32)c2ccccc2c1O. The molecule has 5 aromatic rings. The normalized spacial score (nSPS) is 11.9. The Morgan fingerprint density at radius 1 is 0.702 bits per heavy atom. The maximum absolute atomic E-state index is 14.5. The summed E-state index contributed by atoms with van der Waals surface area (Å²) in [6.07, 6.45) is 11.7. The Morgan fingerprint density at radius 2 is 1.28 bits per heavy atom. The third-order valence-corrected chi connectivity index (χ3v) is 11.5. The van der Waals surface area contributed by atoms with Crippen LogP contribution in [-0.2, 0) is 0 Å². The number of nitrogens with one attached hydrogen (secondary N) is 1. The summed E-state index contributed by atoms with van der Waals surface area (Å²) in [6, 6.07) is 26.1. The number of aromatic hydroxyl groups is 1. The van der Waals surface area contributed by atoms with Crippen molar-refractivity contribution in [3.8, 4) is 17.2 Å². The second-order valence-corrected chi connectivity index (χ2v) is 16.3. The number of anilines is 5. The number of phenols is 1. The fourth-order valence-corrected chi connectivity index (χ4v) is 8.22. The number of aryl methyl sites for hydroxylation is 1. The van der Waals surface area contributed by atoms with Crippen molar-refractivity contribution in [2.75, 3.05) is 54.8 Å². The Morgan fingerprint density at radius 3 is 1.88 bits per heavy atom. The van der Waals surface area contributed by atoms with Crippen LogP contribution in [0.5, 0.6) is 17.2 Å². The number of nitrogens with zero attached hydrogens (tertiary/aromatic N) is 3. The number of carbonyl (C=O) groups is 2. The number of ether oxygens (including phenoxy) is 2. The molecule has 0 saturated heterocycles. The molecule has 1 aliphatic heterocycles. The Labute approximate surface area is 342 Å². The van der Waals surface area contributed by atoms with E-state index in [1.165, 1.54) is 57.4 Å². The fraction of sp³-hybridized carbons (Fsp3) is 0.362. The van der Waals surface area contributed by atoms with Gasteiger partial charge < -0.3 is 29.7 Å². The lowest BCUT2D eigenvalue weighted by Crippen LogP contribution is -2.31. The van der Waals surface area contributed by atoms with E-state index >= 15 is 0 Å². The summed E-state index contributed by atoms with van der Waals surface area (Å²) in [6.45, 7) is 4.74. The van der Waals surface area contributed by atoms with E-state index in [4.69, 9.17) is 9.47 Å². The second-order valence-electron chi connectivity index (χ2n) is 15.2. The Balaban J connectivity index is 1.22. The van der Waals surface area contributed by atoms with Crippen LogP contribution in [0.2, 0.25) is 0 Å². The number of rotatable bonds is 17. The number of unbranched alkanes of at least 4 members (excludes halogenated alkanes) is 9. The standard InChI is InChI=1S/C47H56N4O5S/c1-7-8-9-10-11-12-13-14-15-18-27-55-41-26-21-32(2)28-38(41)48-46(53)37-31-42(35-19-16-17-20-36(35)45(37)52)56-47(54)51-39-24-22-33(49(3)4)29-43(39)57-44-30-34(50(5)6)23-25-40(44)51/h16-17,19-26,28-31,52H,7-15,18,27H2,1-6H3,(H,48,53). The fourth-order valence-electron chi connectivity index (χ4n) is 7.09. The van der Waals surface area contributed by atoms with Gasteiger partial charge in [-0.2, -0.15) is 0 Å². The van der Waals surface area contributed by atoms with E-state index in [1.807, 2.05) is 87.4 Å². The lowest BCUT2D eigenvalue weighted by Gasteiger charge is -2.32. The first-order chi connectivity index (χ1) is 27.5. The predicted molar refractivity (Wildman–Crippen MR) is 236 cm³/mol. The van der Waals surface area contributed by atoms with Gasteiger partial charge in [-0.25, -0.2) is 9.69 Å². The number of hydrogen-bond acceptors (Lipinski definition) is 8. The summed E-state index contributed by atoms with van der Waals surface area (Å²) in [4.78, 5) is 35.9. The molecule has 1 heterocycles. The van der Waals surface area contributed by atoms with E-state index in [0.29, 0.717) is 40.2 Å². The molecule has 2 N–H and O–H groups in total. The first kappa shape index (κ1) is 41.3. The molecule has 0 atom stereocenters. The van der Waals surface area contributed by atoms with Crippen molar-refractivity contribution in [2.45, 2.75) is 87.8 Å². The highest BCUT2D eigenvalue weighted by atomic mass is 32.2. The minimum absolute atomic E-state index is 0.0279. The summed E-state index contributed by atoms with van der Waals surface area (Å²) in [7, 11) is 7.93. The van der Waals surface area contributed by atoms with Crippen molar-refractivity contribution in [3.63, 3.8) is 0 Å². The quantitative estimate of drug-likeness (QED) is 0.0900. The molecule has 0 aliphatic carbocycles. The van der Waals surface area contributed by atoms with Crippen molar-refractivity contribution < 1.29 is 24.2 Å². The Hall–Kier alpha value is -5.35. The number of amides is 2. The van der Waals surface area contributed by atoms with Gasteiger partial charge in [0.15, 0.2) is 0 Å². The molecule has 10 heteroatoms. The van der Waals surface area contributed by atoms with Crippen LogP contribution < -0.4 is 29.5 Å². The van der Waals surface area contributed by atoms with Gasteiger partial charge in [0, 0.05) is 60.1 Å². The Kier molecular flexibility index (Phi) is 13.9. The zero-order chi connectivity index (χ0) is 40.5. The van der Waals surface area contributed by atoms with Gasteiger partial charge in [0.25, 0.3) is 5.91 Å². The molecule has 0 fully saturated rings. The highest BCUT2D eigenvalue weighted by Crippen LogP contribution is 2.50. The molecule has 0 spiro atoms. The van der Waals surface area contributed by atoms with E-state index < -0.39 is 12.0 Å². The topological polar surface area (TPSA) is 94.6 Å². The zero-order valence-electron chi connectivity index (χ0n) is 34.2. The molecule has 6 rings (SSSR count). The van der Waals surface area contributed by atoms with Crippen LogP contribution >= 0.6 is 11.8 Å². The van der Waals surface area contributed by atoms with Crippen LogP contribution in [0, 0.1) is 6.92 Å². The molecule has 300 valence electrons. The number of hydrogen-bond donors (Lipinski definition) is 2. The monoisotopic (exact) mass is 788 g/mol. The summed E-state index contributed by atoms with van der Waals surface area (Å²) < 4.78 is 12.4. The van der Waals surface area contributed by atoms with Gasteiger partial charge in [0.05, 0.1) is 29.2 Å². The van der Waals surface area contributed by atoms with E-state index in [2.05, 4.69) is 24.4 Å². The third kappa shape index (κ3) is 9.97. The molecule has 0 bridgehead atoms. The van der Waals surface area contributed by atoms with Crippen LogP contribution in [0.15, 0.2) is 94.7 Å². The van der Waals surface area contributed by atoms with Gasteiger partial charge in [-0.1, -0.05) is 107 Å². The van der Waals surface area contributed by atoms with Gasteiger partial charge in [0.1, 0.15) is 17.2 Å². The number of phenolic OH excluding ortho intramolecular Hbond substituents is 1. The van der Waals surface area contributed by atoms with E-state index in [1.54, 1.807) is 40.9 Å². The lowest BCUT2D eigenvalue weighted by molar-refractivity contribution is 0.102. The smallest absolute Gasteiger partial charge is 0.424 e. The summed E-state index contributed by atoms with van der Waals surface area (Å²) in [5.74, 6) is -0.0494. The number of carbonyl (C=O) groups excluding carboxylic acids is 2. The minimum atomic E-state index is -0.642. The second kappa shape index (κ2) is 19.2. The largest absolute Gasteiger partial charge is 0.506 e. The van der Waals surface area contributed by atoms with Gasteiger partial charge in [-0.05, 0) is 73.5 Å². The van der Waals surface area contributed by atoms with Crippen molar-refractivity contribution in [2.24, 2.45) is 0 Å². The third-order valence-electron chi connectivity index (χ3n) is 10.4. The minimum Gasteiger partial charge on any atom is -0.506 e. The molecule has 57 heavy (non-hydrogen) atoms. The van der Waals surface area contributed by atoms with Crippen LogP contribution in [0.25, 0.3) is 10.8 Å².